The van der Waals surface area contributed by atoms with Crippen molar-refractivity contribution in [2.75, 3.05) is 43.5 Å². The maximum Gasteiger partial charge on any atom is 0.242 e. The van der Waals surface area contributed by atoms with E-state index in [0.717, 1.165) is 54.9 Å². The Hall–Kier alpha value is -2.90. The van der Waals surface area contributed by atoms with E-state index in [1.165, 1.54) is 5.56 Å². The number of Topliss-reactive ketones (excluding diaryl/α,β-unsaturated/α-hetero) is 1. The molecule has 1 heterocycles. The molecule has 34 heavy (non-hydrogen) atoms. The molecule has 2 atom stereocenters. The molecule has 1 aliphatic heterocycles. The average Bonchev–Trinajstić information content (AvgIpc) is 2.83. The molecule has 7 nitrogen and oxygen atoms in total. The molecule has 1 aliphatic carbocycles. The van der Waals surface area contributed by atoms with Crippen LogP contribution in [0.3, 0.4) is 0 Å². The Labute approximate surface area is 202 Å². The van der Waals surface area contributed by atoms with Gasteiger partial charge in [0.15, 0.2) is 0 Å². The Balaban J connectivity index is 1.25. The number of rotatable bonds is 8. The third-order valence-electron chi connectivity index (χ3n) is 7.14. The normalized spacial score (nSPS) is 21.6. The molecule has 2 fully saturated rings. The Morgan fingerprint density at radius 3 is 2.71 bits per heavy atom. The summed E-state index contributed by atoms with van der Waals surface area (Å²) < 4.78 is 5.30. The summed E-state index contributed by atoms with van der Waals surface area (Å²) in [6, 6.07) is 14.2. The van der Waals surface area contributed by atoms with Crippen molar-refractivity contribution >= 4 is 23.1 Å². The smallest absolute Gasteiger partial charge is 0.242 e. The highest BCUT2D eigenvalue weighted by Gasteiger charge is 2.28. The van der Waals surface area contributed by atoms with Crippen LogP contribution in [0.2, 0.25) is 0 Å². The number of nitrogens with zero attached hydrogens (tertiary/aromatic N) is 2. The first kappa shape index (κ1) is 24.2. The molecule has 1 saturated carbocycles. The molecule has 3 N–H and O–H groups in total. The predicted molar refractivity (Wildman–Crippen MR) is 135 cm³/mol. The zero-order chi connectivity index (χ0) is 24.1. The number of nitrogens with one attached hydrogen (secondary N) is 1. The monoisotopic (exact) mass is 464 g/mol. The molecule has 1 amide bonds. The second-order valence-electron chi connectivity index (χ2n) is 9.60. The molecule has 0 aromatic heterocycles. The van der Waals surface area contributed by atoms with Gasteiger partial charge >= 0.3 is 0 Å². The molecule has 0 radical (unpaired) electrons. The summed E-state index contributed by atoms with van der Waals surface area (Å²) in [5, 5.41) is 5.09. The van der Waals surface area contributed by atoms with Crippen LogP contribution in [0.5, 0.6) is 5.75 Å². The van der Waals surface area contributed by atoms with E-state index in [2.05, 4.69) is 24.4 Å². The summed E-state index contributed by atoms with van der Waals surface area (Å²) in [7, 11) is 1.68. The minimum Gasteiger partial charge on any atom is -0.497 e. The SMILES string of the molecule is COc1cccc(CCC2CCC(CNc3ccc(N4CCN(N)CC4=O)cc3C)CC2=O)c1. The van der Waals surface area contributed by atoms with Gasteiger partial charge in [-0.3, -0.25) is 15.4 Å². The van der Waals surface area contributed by atoms with Gasteiger partial charge in [0.2, 0.25) is 5.91 Å². The third kappa shape index (κ3) is 5.96. The van der Waals surface area contributed by atoms with Crippen LogP contribution >= 0.6 is 0 Å². The first-order valence-electron chi connectivity index (χ1n) is 12.2. The fraction of sp³-hybridized carbons (Fsp3) is 0.481. The van der Waals surface area contributed by atoms with Crippen molar-refractivity contribution < 1.29 is 14.3 Å². The first-order chi connectivity index (χ1) is 16.4. The van der Waals surface area contributed by atoms with Crippen molar-refractivity contribution in [3.63, 3.8) is 0 Å². The highest BCUT2D eigenvalue weighted by atomic mass is 16.5. The number of piperazine rings is 1. The van der Waals surface area contributed by atoms with E-state index in [4.69, 9.17) is 10.6 Å². The highest BCUT2D eigenvalue weighted by molar-refractivity contribution is 5.95. The van der Waals surface area contributed by atoms with Crippen LogP contribution in [0.25, 0.3) is 0 Å². The van der Waals surface area contributed by atoms with E-state index in [-0.39, 0.29) is 18.4 Å². The van der Waals surface area contributed by atoms with Crippen LogP contribution in [-0.2, 0) is 16.0 Å². The van der Waals surface area contributed by atoms with Gasteiger partial charge in [-0.15, -0.1) is 0 Å². The lowest BCUT2D eigenvalue weighted by Gasteiger charge is -2.32. The number of carbonyl (C=O) groups is 2. The fourth-order valence-electron chi connectivity index (χ4n) is 5.03. The highest BCUT2D eigenvalue weighted by Crippen LogP contribution is 2.31. The van der Waals surface area contributed by atoms with Gasteiger partial charge in [-0.05, 0) is 80.0 Å². The molecule has 2 aromatic rings. The minimum atomic E-state index is 0.0236. The Bertz CT molecular complexity index is 1020. The van der Waals surface area contributed by atoms with Crippen LogP contribution in [0.4, 0.5) is 11.4 Å². The van der Waals surface area contributed by atoms with Crippen molar-refractivity contribution in [3.8, 4) is 5.75 Å². The van der Waals surface area contributed by atoms with Crippen molar-refractivity contribution in [2.45, 2.75) is 39.0 Å². The maximum absolute atomic E-state index is 12.8. The second kappa shape index (κ2) is 11.0. The molecule has 2 aromatic carbocycles. The molecule has 182 valence electrons. The number of anilines is 2. The van der Waals surface area contributed by atoms with E-state index in [1.807, 2.05) is 30.3 Å². The van der Waals surface area contributed by atoms with Gasteiger partial charge < -0.3 is 15.0 Å². The van der Waals surface area contributed by atoms with Crippen molar-refractivity contribution in [3.05, 3.63) is 53.6 Å². The lowest BCUT2D eigenvalue weighted by atomic mass is 9.78. The number of methoxy groups -OCH3 is 1. The summed E-state index contributed by atoms with van der Waals surface area (Å²) in [5.74, 6) is 7.56. The van der Waals surface area contributed by atoms with Gasteiger partial charge in [0, 0.05) is 43.3 Å². The standard InChI is InChI=1S/C27H36N4O3/c1-19-14-23(31-13-12-30(28)18-27(31)33)10-11-25(19)29-17-21-7-9-22(26(32)16-21)8-6-20-4-3-5-24(15-20)34-2/h3-5,10-11,14-15,21-22,29H,6-9,12-13,16-18,28H2,1-2H3. The lowest BCUT2D eigenvalue weighted by molar-refractivity contribution is -0.126. The zero-order valence-electron chi connectivity index (χ0n) is 20.3. The minimum absolute atomic E-state index is 0.0236. The van der Waals surface area contributed by atoms with E-state index < -0.39 is 0 Å². The van der Waals surface area contributed by atoms with Gasteiger partial charge in [0.25, 0.3) is 0 Å². The van der Waals surface area contributed by atoms with Crippen LogP contribution in [-0.4, -0.2) is 50.0 Å². The van der Waals surface area contributed by atoms with Crippen molar-refractivity contribution in [2.24, 2.45) is 17.7 Å². The van der Waals surface area contributed by atoms with E-state index in [0.29, 0.717) is 31.2 Å². The van der Waals surface area contributed by atoms with E-state index in [1.54, 1.807) is 17.0 Å². The molecular weight excluding hydrogens is 428 g/mol. The number of amides is 1. The summed E-state index contributed by atoms with van der Waals surface area (Å²) >= 11 is 0. The number of hydrogen-bond acceptors (Lipinski definition) is 6. The largest absolute Gasteiger partial charge is 0.497 e. The average molecular weight is 465 g/mol. The van der Waals surface area contributed by atoms with Crippen LogP contribution in [0.1, 0.15) is 36.8 Å². The number of benzene rings is 2. The molecule has 4 rings (SSSR count). The number of ether oxygens (including phenoxy) is 1. The maximum atomic E-state index is 12.8. The molecule has 1 saturated heterocycles. The third-order valence-corrected chi connectivity index (χ3v) is 7.14. The van der Waals surface area contributed by atoms with Gasteiger partial charge in [-0.25, -0.2) is 5.01 Å². The van der Waals surface area contributed by atoms with Gasteiger partial charge in [-0.1, -0.05) is 12.1 Å². The number of aryl methyl sites for hydroxylation is 2. The Morgan fingerprint density at radius 2 is 1.97 bits per heavy atom. The van der Waals surface area contributed by atoms with Gasteiger partial charge in [0.05, 0.1) is 13.7 Å². The Morgan fingerprint density at radius 1 is 1.12 bits per heavy atom. The number of carbonyl (C=O) groups excluding carboxylic acids is 2. The molecule has 2 unspecified atom stereocenters. The zero-order valence-corrected chi connectivity index (χ0v) is 20.3. The summed E-state index contributed by atoms with van der Waals surface area (Å²) in [4.78, 5) is 26.9. The number of hydrazine groups is 1. The number of ketones is 1. The lowest BCUT2D eigenvalue weighted by Crippen LogP contribution is -2.53. The molecule has 7 heteroatoms. The first-order valence-corrected chi connectivity index (χ1v) is 12.2. The topological polar surface area (TPSA) is 87.9 Å². The fourth-order valence-corrected chi connectivity index (χ4v) is 5.03. The van der Waals surface area contributed by atoms with Crippen molar-refractivity contribution in [1.29, 1.82) is 0 Å². The van der Waals surface area contributed by atoms with Crippen molar-refractivity contribution in [1.82, 2.24) is 5.01 Å². The van der Waals surface area contributed by atoms with Crippen LogP contribution in [0, 0.1) is 18.8 Å². The molecular formula is C27H36N4O3. The quantitative estimate of drug-likeness (QED) is 0.581. The van der Waals surface area contributed by atoms with E-state index >= 15 is 0 Å². The van der Waals surface area contributed by atoms with Crippen LogP contribution in [0.15, 0.2) is 42.5 Å². The van der Waals surface area contributed by atoms with Gasteiger partial charge in [-0.2, -0.15) is 0 Å². The second-order valence-corrected chi connectivity index (χ2v) is 9.60. The summed E-state index contributed by atoms with van der Waals surface area (Å²) in [5.41, 5.74) is 4.29. The summed E-state index contributed by atoms with van der Waals surface area (Å²) in [6.07, 6.45) is 4.48. The predicted octanol–water partition coefficient (Wildman–Crippen LogP) is 3.56. The molecule has 2 aliphatic rings. The van der Waals surface area contributed by atoms with Gasteiger partial charge in [0.1, 0.15) is 11.5 Å². The molecule has 0 spiro atoms. The van der Waals surface area contributed by atoms with Crippen LogP contribution < -0.4 is 20.8 Å². The van der Waals surface area contributed by atoms with E-state index in [9.17, 15) is 9.59 Å². The number of nitrogens with two attached hydrogens (primary N) is 1. The number of hydrogen-bond donors (Lipinski definition) is 2. The molecule has 0 bridgehead atoms. The summed E-state index contributed by atoms with van der Waals surface area (Å²) in [6.45, 7) is 4.36. The Kier molecular flexibility index (Phi) is 7.85.